The van der Waals surface area contributed by atoms with Gasteiger partial charge in [-0.15, -0.1) is 0 Å². The van der Waals surface area contributed by atoms with Crippen LogP contribution in [0.15, 0.2) is 12.3 Å². The van der Waals surface area contributed by atoms with Crippen molar-refractivity contribution in [2.24, 2.45) is 11.7 Å². The minimum absolute atomic E-state index is 0.304. The number of piperidine rings is 1. The van der Waals surface area contributed by atoms with Crippen molar-refractivity contribution in [2.75, 3.05) is 25.1 Å². The highest BCUT2D eigenvalue weighted by molar-refractivity contribution is 5.54. The quantitative estimate of drug-likeness (QED) is 0.886. The Balaban J connectivity index is 2.23. The normalized spacial score (nSPS) is 24.3. The van der Waals surface area contributed by atoms with E-state index in [1.807, 2.05) is 13.1 Å². The first kappa shape index (κ1) is 13.3. The Morgan fingerprint density at radius 1 is 1.56 bits per heavy atom. The molecule has 1 fully saturated rings. The Labute approximate surface area is 109 Å². The molecular weight excluding hydrogens is 226 g/mol. The topological polar surface area (TPSA) is 51.4 Å². The van der Waals surface area contributed by atoms with Gasteiger partial charge in [0, 0.05) is 49.9 Å². The number of aryl methyl sites for hydroxylation is 1. The van der Waals surface area contributed by atoms with E-state index < -0.39 is 0 Å². The lowest BCUT2D eigenvalue weighted by atomic mass is 9.95. The molecular formula is C14H23N3O. The molecule has 0 radical (unpaired) electrons. The zero-order valence-electron chi connectivity index (χ0n) is 11.5. The van der Waals surface area contributed by atoms with Crippen molar-refractivity contribution < 1.29 is 4.74 Å². The lowest BCUT2D eigenvalue weighted by molar-refractivity contribution is 0.0498. The van der Waals surface area contributed by atoms with Crippen LogP contribution >= 0.6 is 0 Å². The number of methoxy groups -OCH3 is 1. The molecule has 0 aliphatic carbocycles. The smallest absolute Gasteiger partial charge is 0.0772 e. The van der Waals surface area contributed by atoms with E-state index in [4.69, 9.17) is 10.5 Å². The van der Waals surface area contributed by atoms with Crippen molar-refractivity contribution in [3.05, 3.63) is 23.5 Å². The van der Waals surface area contributed by atoms with Gasteiger partial charge in [-0.2, -0.15) is 0 Å². The average Bonchev–Trinajstić information content (AvgIpc) is 2.39. The first-order valence-electron chi connectivity index (χ1n) is 6.59. The number of hydrogen-bond donors (Lipinski definition) is 1. The summed E-state index contributed by atoms with van der Waals surface area (Å²) in [5.74, 6) is 0.621. The third-order valence-corrected chi connectivity index (χ3v) is 3.85. The summed E-state index contributed by atoms with van der Waals surface area (Å²) in [5.41, 5.74) is 9.18. The second-order valence-electron chi connectivity index (χ2n) is 5.14. The predicted octanol–water partition coefficient (Wildman–Crippen LogP) is 1.71. The van der Waals surface area contributed by atoms with E-state index in [9.17, 15) is 0 Å². The maximum atomic E-state index is 5.80. The van der Waals surface area contributed by atoms with Crippen LogP contribution in [0, 0.1) is 12.8 Å². The lowest BCUT2D eigenvalue weighted by Crippen LogP contribution is -2.44. The Morgan fingerprint density at radius 3 is 3.00 bits per heavy atom. The molecule has 1 aromatic rings. The van der Waals surface area contributed by atoms with Gasteiger partial charge in [0.1, 0.15) is 0 Å². The maximum absolute atomic E-state index is 5.80. The molecule has 2 heterocycles. The fourth-order valence-corrected chi connectivity index (χ4v) is 2.58. The van der Waals surface area contributed by atoms with Gasteiger partial charge in [0.05, 0.1) is 6.10 Å². The van der Waals surface area contributed by atoms with E-state index in [1.54, 1.807) is 7.11 Å². The van der Waals surface area contributed by atoms with Crippen molar-refractivity contribution in [3.8, 4) is 0 Å². The van der Waals surface area contributed by atoms with Gasteiger partial charge in [-0.1, -0.05) is 6.92 Å². The third-order valence-electron chi connectivity index (χ3n) is 3.85. The number of anilines is 1. The van der Waals surface area contributed by atoms with Gasteiger partial charge in [-0.05, 0) is 25.3 Å². The van der Waals surface area contributed by atoms with Crippen LogP contribution in [-0.2, 0) is 11.3 Å². The van der Waals surface area contributed by atoms with E-state index in [1.165, 1.54) is 5.69 Å². The zero-order valence-corrected chi connectivity index (χ0v) is 11.5. The molecule has 0 spiro atoms. The second kappa shape index (κ2) is 5.67. The first-order chi connectivity index (χ1) is 8.65. The first-order valence-corrected chi connectivity index (χ1v) is 6.59. The van der Waals surface area contributed by atoms with E-state index >= 15 is 0 Å². The molecule has 18 heavy (non-hydrogen) atoms. The van der Waals surface area contributed by atoms with Crippen LogP contribution in [0.3, 0.4) is 0 Å². The maximum Gasteiger partial charge on any atom is 0.0772 e. The Bertz CT molecular complexity index is 408. The lowest BCUT2D eigenvalue weighted by Gasteiger charge is -2.38. The Morgan fingerprint density at radius 2 is 2.33 bits per heavy atom. The van der Waals surface area contributed by atoms with Crippen LogP contribution in [0.2, 0.25) is 0 Å². The minimum atomic E-state index is 0.304. The molecule has 1 aliphatic rings. The van der Waals surface area contributed by atoms with E-state index in [0.717, 1.165) is 30.8 Å². The van der Waals surface area contributed by atoms with Crippen LogP contribution in [0.25, 0.3) is 0 Å². The average molecular weight is 249 g/mol. The summed E-state index contributed by atoms with van der Waals surface area (Å²) >= 11 is 0. The third kappa shape index (κ3) is 2.65. The number of nitrogens with two attached hydrogens (primary N) is 1. The summed E-state index contributed by atoms with van der Waals surface area (Å²) in [6.45, 7) is 6.81. The van der Waals surface area contributed by atoms with Gasteiger partial charge in [-0.25, -0.2) is 0 Å². The van der Waals surface area contributed by atoms with Crippen LogP contribution < -0.4 is 10.6 Å². The Hall–Kier alpha value is -1.13. The monoisotopic (exact) mass is 249 g/mol. The van der Waals surface area contributed by atoms with E-state index in [2.05, 4.69) is 22.9 Å². The van der Waals surface area contributed by atoms with Crippen molar-refractivity contribution in [1.82, 2.24) is 4.98 Å². The van der Waals surface area contributed by atoms with E-state index in [0.29, 0.717) is 18.6 Å². The summed E-state index contributed by atoms with van der Waals surface area (Å²) in [7, 11) is 1.80. The molecule has 4 nitrogen and oxygen atoms in total. The molecule has 0 aromatic carbocycles. The molecule has 4 heteroatoms. The molecule has 0 saturated carbocycles. The van der Waals surface area contributed by atoms with Crippen molar-refractivity contribution in [1.29, 1.82) is 0 Å². The van der Waals surface area contributed by atoms with Crippen LogP contribution in [0.5, 0.6) is 0 Å². The number of ether oxygens (including phenoxy) is 1. The second-order valence-corrected chi connectivity index (χ2v) is 5.14. The van der Waals surface area contributed by atoms with Gasteiger partial charge in [0.2, 0.25) is 0 Å². The molecule has 2 atom stereocenters. The summed E-state index contributed by atoms with van der Waals surface area (Å²) in [6.07, 6.45) is 3.35. The van der Waals surface area contributed by atoms with Gasteiger partial charge in [0.15, 0.2) is 0 Å². The number of nitrogens with zero attached hydrogens (tertiary/aromatic N) is 2. The molecule has 0 bridgehead atoms. The molecule has 1 aliphatic heterocycles. The fraction of sp³-hybridized carbons (Fsp3) is 0.643. The summed E-state index contributed by atoms with van der Waals surface area (Å²) < 4.78 is 5.57. The SMILES string of the molecule is COC1CN(c2cc(C)ncc2CN)CCC1C. The van der Waals surface area contributed by atoms with Gasteiger partial charge in [-0.3, -0.25) is 4.98 Å². The number of hydrogen-bond acceptors (Lipinski definition) is 4. The number of rotatable bonds is 3. The summed E-state index contributed by atoms with van der Waals surface area (Å²) in [5, 5.41) is 0. The molecule has 2 unspecified atom stereocenters. The number of pyridine rings is 1. The minimum Gasteiger partial charge on any atom is -0.379 e. The summed E-state index contributed by atoms with van der Waals surface area (Å²) in [6, 6.07) is 2.13. The molecule has 1 aromatic heterocycles. The van der Waals surface area contributed by atoms with Gasteiger partial charge in [0.25, 0.3) is 0 Å². The Kier molecular flexibility index (Phi) is 4.19. The van der Waals surface area contributed by atoms with E-state index in [-0.39, 0.29) is 0 Å². The highest BCUT2D eigenvalue weighted by Gasteiger charge is 2.27. The number of aromatic nitrogens is 1. The van der Waals surface area contributed by atoms with Crippen LogP contribution in [0.1, 0.15) is 24.6 Å². The zero-order chi connectivity index (χ0) is 13.1. The predicted molar refractivity (Wildman–Crippen MR) is 73.7 cm³/mol. The van der Waals surface area contributed by atoms with Gasteiger partial charge >= 0.3 is 0 Å². The summed E-state index contributed by atoms with van der Waals surface area (Å²) in [4.78, 5) is 6.70. The van der Waals surface area contributed by atoms with Crippen molar-refractivity contribution in [2.45, 2.75) is 32.9 Å². The fourth-order valence-electron chi connectivity index (χ4n) is 2.58. The van der Waals surface area contributed by atoms with Crippen LogP contribution in [0.4, 0.5) is 5.69 Å². The highest BCUT2D eigenvalue weighted by Crippen LogP contribution is 2.27. The molecule has 2 N–H and O–H groups in total. The molecule has 1 saturated heterocycles. The largest absolute Gasteiger partial charge is 0.379 e. The van der Waals surface area contributed by atoms with Crippen LogP contribution in [-0.4, -0.2) is 31.3 Å². The molecule has 0 amide bonds. The van der Waals surface area contributed by atoms with Gasteiger partial charge < -0.3 is 15.4 Å². The molecule has 2 rings (SSSR count). The van der Waals surface area contributed by atoms with Crippen molar-refractivity contribution >= 4 is 5.69 Å². The molecule has 100 valence electrons. The standard InChI is InChI=1S/C14H23N3O/c1-10-4-5-17(9-14(10)18-3)13-6-11(2)16-8-12(13)7-15/h6,8,10,14H,4-5,7,9,15H2,1-3H3. The van der Waals surface area contributed by atoms with Crippen molar-refractivity contribution in [3.63, 3.8) is 0 Å². The highest BCUT2D eigenvalue weighted by atomic mass is 16.5.